The highest BCUT2D eigenvalue weighted by atomic mass is 32.2. The quantitative estimate of drug-likeness (QED) is 0.689. The van der Waals surface area contributed by atoms with E-state index in [0.29, 0.717) is 12.8 Å². The summed E-state index contributed by atoms with van der Waals surface area (Å²) in [5, 5.41) is 9.06. The Hall–Kier alpha value is -0.130. The first-order chi connectivity index (χ1) is 5.97. The third kappa shape index (κ3) is 1.01. The molecule has 0 radical (unpaired) electrons. The molecular formula is C8H14O4S. The first-order valence-electron chi connectivity index (χ1n) is 4.40. The summed E-state index contributed by atoms with van der Waals surface area (Å²) in [5.74, 6) is 0. The van der Waals surface area contributed by atoms with E-state index in [2.05, 4.69) is 0 Å². The second-order valence-electron chi connectivity index (χ2n) is 4.29. The van der Waals surface area contributed by atoms with Crippen LogP contribution in [0.3, 0.4) is 0 Å². The van der Waals surface area contributed by atoms with Crippen molar-refractivity contribution in [1.29, 1.82) is 0 Å². The highest BCUT2D eigenvalue weighted by Gasteiger charge is 2.63. The molecule has 1 N–H and O–H groups in total. The van der Waals surface area contributed by atoms with Crippen LogP contribution in [0, 0.1) is 0 Å². The van der Waals surface area contributed by atoms with Gasteiger partial charge in [0.1, 0.15) is 4.75 Å². The molecule has 0 bridgehead atoms. The lowest BCUT2D eigenvalue weighted by atomic mass is 10.1. The minimum absolute atomic E-state index is 0.245. The van der Waals surface area contributed by atoms with E-state index in [1.165, 1.54) is 0 Å². The van der Waals surface area contributed by atoms with Crippen molar-refractivity contribution in [2.45, 2.75) is 29.3 Å². The Balaban J connectivity index is 2.31. The van der Waals surface area contributed by atoms with Crippen molar-refractivity contribution in [3.8, 4) is 0 Å². The highest BCUT2D eigenvalue weighted by Crippen LogP contribution is 2.49. The average molecular weight is 206 g/mol. The van der Waals surface area contributed by atoms with Crippen LogP contribution in [0.1, 0.15) is 19.8 Å². The Morgan fingerprint density at radius 1 is 1.38 bits per heavy atom. The number of aliphatic hydroxyl groups is 1. The van der Waals surface area contributed by atoms with Crippen molar-refractivity contribution in [1.82, 2.24) is 0 Å². The van der Waals surface area contributed by atoms with Gasteiger partial charge in [0.2, 0.25) is 0 Å². The smallest absolute Gasteiger partial charge is 0.168 e. The lowest BCUT2D eigenvalue weighted by molar-refractivity contribution is -0.00581. The molecule has 76 valence electrons. The maximum Gasteiger partial charge on any atom is 0.168 e. The molecule has 2 fully saturated rings. The topological polar surface area (TPSA) is 63.6 Å². The van der Waals surface area contributed by atoms with Gasteiger partial charge in [-0.05, 0) is 19.8 Å². The fourth-order valence-electron chi connectivity index (χ4n) is 1.72. The maximum atomic E-state index is 12.0. The van der Waals surface area contributed by atoms with Gasteiger partial charge in [-0.1, -0.05) is 0 Å². The zero-order valence-corrected chi connectivity index (χ0v) is 8.43. The maximum absolute atomic E-state index is 12.0. The average Bonchev–Trinajstić information content (AvgIpc) is 2.80. The van der Waals surface area contributed by atoms with E-state index in [4.69, 9.17) is 9.84 Å². The van der Waals surface area contributed by atoms with Gasteiger partial charge in [0.05, 0.1) is 24.6 Å². The molecule has 0 spiro atoms. The Morgan fingerprint density at radius 3 is 2.15 bits per heavy atom. The summed E-state index contributed by atoms with van der Waals surface area (Å²) in [7, 11) is -3.22. The first kappa shape index (κ1) is 9.43. The molecule has 2 rings (SSSR count). The first-order valence-corrected chi connectivity index (χ1v) is 5.89. The number of hydrogen-bond acceptors (Lipinski definition) is 4. The van der Waals surface area contributed by atoms with Crippen LogP contribution in [-0.2, 0) is 14.6 Å². The predicted octanol–water partition coefficient (Wildman–Crippen LogP) is -0.285. The SMILES string of the molecule is CC1(S(=O)(=O)C2(CO)CC2)COC1. The van der Waals surface area contributed by atoms with Crippen molar-refractivity contribution in [3.63, 3.8) is 0 Å². The fourth-order valence-corrected chi connectivity index (χ4v) is 4.05. The summed E-state index contributed by atoms with van der Waals surface area (Å²) in [5.41, 5.74) is 0. The summed E-state index contributed by atoms with van der Waals surface area (Å²) in [4.78, 5) is 0. The Morgan fingerprint density at radius 2 is 1.92 bits per heavy atom. The van der Waals surface area contributed by atoms with Crippen molar-refractivity contribution in [2.24, 2.45) is 0 Å². The molecule has 0 aromatic carbocycles. The molecule has 2 aliphatic rings. The van der Waals surface area contributed by atoms with E-state index in [1.807, 2.05) is 0 Å². The molecule has 13 heavy (non-hydrogen) atoms. The minimum Gasteiger partial charge on any atom is -0.395 e. The summed E-state index contributed by atoms with van der Waals surface area (Å²) in [6.45, 7) is 2.00. The molecule has 0 amide bonds. The molecule has 1 saturated carbocycles. The third-order valence-electron chi connectivity index (χ3n) is 3.13. The summed E-state index contributed by atoms with van der Waals surface area (Å²) in [6, 6.07) is 0. The largest absolute Gasteiger partial charge is 0.395 e. The lowest BCUT2D eigenvalue weighted by Crippen LogP contribution is -2.57. The molecule has 0 atom stereocenters. The van der Waals surface area contributed by atoms with Gasteiger partial charge in [-0.2, -0.15) is 0 Å². The van der Waals surface area contributed by atoms with E-state index in [0.717, 1.165) is 0 Å². The van der Waals surface area contributed by atoms with Crippen molar-refractivity contribution < 1.29 is 18.3 Å². The molecule has 1 saturated heterocycles. The third-order valence-corrected chi connectivity index (χ3v) is 6.34. The van der Waals surface area contributed by atoms with Crippen molar-refractivity contribution in [2.75, 3.05) is 19.8 Å². The molecule has 1 aliphatic heterocycles. The number of hydrogen-bond donors (Lipinski definition) is 1. The van der Waals surface area contributed by atoms with Crippen LogP contribution < -0.4 is 0 Å². The van der Waals surface area contributed by atoms with Crippen LogP contribution in [0.25, 0.3) is 0 Å². The molecule has 1 heterocycles. The Labute approximate surface area is 77.8 Å². The lowest BCUT2D eigenvalue weighted by Gasteiger charge is -2.39. The van der Waals surface area contributed by atoms with Crippen LogP contribution in [0.15, 0.2) is 0 Å². The summed E-state index contributed by atoms with van der Waals surface area (Å²) < 4.78 is 27.4. The summed E-state index contributed by atoms with van der Waals surface area (Å²) >= 11 is 0. The number of aliphatic hydroxyl groups excluding tert-OH is 1. The van der Waals surface area contributed by atoms with E-state index >= 15 is 0 Å². The highest BCUT2D eigenvalue weighted by molar-refractivity contribution is 7.94. The van der Waals surface area contributed by atoms with E-state index < -0.39 is 19.3 Å². The molecule has 1 aliphatic carbocycles. The zero-order chi connectivity index (χ0) is 9.74. The Bertz CT molecular complexity index is 300. The summed E-state index contributed by atoms with van der Waals surface area (Å²) in [6.07, 6.45) is 1.20. The van der Waals surface area contributed by atoms with Gasteiger partial charge in [0.25, 0.3) is 0 Å². The molecule has 0 aromatic heterocycles. The Kier molecular flexibility index (Phi) is 1.78. The fraction of sp³-hybridized carbons (Fsp3) is 1.00. The van der Waals surface area contributed by atoms with Crippen LogP contribution in [0.4, 0.5) is 0 Å². The van der Waals surface area contributed by atoms with Crippen LogP contribution in [-0.4, -0.2) is 42.8 Å². The van der Waals surface area contributed by atoms with Gasteiger partial charge in [-0.3, -0.25) is 0 Å². The monoisotopic (exact) mass is 206 g/mol. The second kappa shape index (κ2) is 2.46. The molecule has 5 heteroatoms. The molecule has 0 aromatic rings. The van der Waals surface area contributed by atoms with E-state index in [9.17, 15) is 8.42 Å². The molecule has 4 nitrogen and oxygen atoms in total. The van der Waals surface area contributed by atoms with Gasteiger partial charge < -0.3 is 9.84 Å². The van der Waals surface area contributed by atoms with Gasteiger partial charge in [-0.15, -0.1) is 0 Å². The van der Waals surface area contributed by atoms with Crippen LogP contribution >= 0.6 is 0 Å². The van der Waals surface area contributed by atoms with Gasteiger partial charge in [0.15, 0.2) is 9.84 Å². The van der Waals surface area contributed by atoms with E-state index in [1.54, 1.807) is 6.92 Å². The van der Waals surface area contributed by atoms with Crippen LogP contribution in [0.5, 0.6) is 0 Å². The van der Waals surface area contributed by atoms with Crippen molar-refractivity contribution >= 4 is 9.84 Å². The minimum atomic E-state index is -3.22. The zero-order valence-electron chi connectivity index (χ0n) is 7.62. The normalized spacial score (nSPS) is 29.4. The molecule has 0 unspecified atom stereocenters. The van der Waals surface area contributed by atoms with Crippen molar-refractivity contribution in [3.05, 3.63) is 0 Å². The van der Waals surface area contributed by atoms with Gasteiger partial charge in [-0.25, -0.2) is 8.42 Å². The van der Waals surface area contributed by atoms with Gasteiger partial charge in [0, 0.05) is 0 Å². The number of rotatable bonds is 3. The van der Waals surface area contributed by atoms with E-state index in [-0.39, 0.29) is 19.8 Å². The number of ether oxygens (including phenoxy) is 1. The second-order valence-corrected chi connectivity index (χ2v) is 7.15. The van der Waals surface area contributed by atoms with Crippen LogP contribution in [0.2, 0.25) is 0 Å². The van der Waals surface area contributed by atoms with Gasteiger partial charge >= 0.3 is 0 Å². The molecular weight excluding hydrogens is 192 g/mol. The standard InChI is InChI=1S/C8H14O4S/c1-7(5-12-6-7)13(10,11)8(4-9)2-3-8/h9H,2-6H2,1H3. The predicted molar refractivity (Wildman–Crippen MR) is 47.2 cm³/mol. The number of sulfone groups is 1.